The molecule has 3 aliphatic rings. The number of benzene rings is 2. The highest BCUT2D eigenvalue weighted by atomic mass is 16.3. The van der Waals surface area contributed by atoms with E-state index in [1.807, 2.05) is 42.5 Å². The van der Waals surface area contributed by atoms with Crippen LogP contribution in [0.25, 0.3) is 0 Å². The van der Waals surface area contributed by atoms with E-state index in [9.17, 15) is 24.3 Å². The Balaban J connectivity index is 1.17. The predicted molar refractivity (Wildman–Crippen MR) is 168 cm³/mol. The fraction of sp³-hybridized carbons (Fsp3) is 0.543. The summed E-state index contributed by atoms with van der Waals surface area (Å²) in [5.41, 5.74) is 2.14. The van der Waals surface area contributed by atoms with Crippen molar-refractivity contribution in [3.8, 4) is 5.75 Å². The molecule has 44 heavy (non-hydrogen) atoms. The van der Waals surface area contributed by atoms with Crippen LogP contribution in [0.2, 0.25) is 0 Å². The lowest BCUT2D eigenvalue weighted by atomic mass is 9.86. The molecule has 1 saturated carbocycles. The van der Waals surface area contributed by atoms with Gasteiger partial charge >= 0.3 is 23.6 Å². The van der Waals surface area contributed by atoms with Crippen LogP contribution in [0.5, 0.6) is 5.75 Å². The van der Waals surface area contributed by atoms with Gasteiger partial charge in [0.05, 0.1) is 6.04 Å². The van der Waals surface area contributed by atoms with E-state index < -0.39 is 23.6 Å². The van der Waals surface area contributed by atoms with Gasteiger partial charge in [-0.3, -0.25) is 19.2 Å². The number of carbonyl (C=O) groups excluding carboxylic acids is 4. The second kappa shape index (κ2) is 15.2. The number of nitrogens with zero attached hydrogens (tertiary/aromatic N) is 3. The van der Waals surface area contributed by atoms with Crippen molar-refractivity contribution in [3.63, 3.8) is 0 Å². The molecule has 2 aromatic rings. The Bertz CT molecular complexity index is 1280. The Morgan fingerprint density at radius 2 is 1.43 bits per heavy atom. The standard InChI is InChI=1S/C35H46N4O5/c40-31-16-14-28(15-17-31)23-30-25-37(34(43)35(44)39(30)22-19-27-11-5-2-6-12-27)20-8-7-13-29-24-36-32(41)33(42)38(29)21-18-26-9-3-1-4-10-26/h1,3-4,9-10,14-17,27,29-30,40H,2,5-8,11-13,18-25H2,(H,36,41)/t29-,30-/m0/s1. The molecule has 0 unspecified atom stereocenters. The molecule has 2 aliphatic heterocycles. The second-order valence-corrected chi connectivity index (χ2v) is 12.7. The average Bonchev–Trinajstić information content (AvgIpc) is 3.04. The minimum absolute atomic E-state index is 0.0971. The third-order valence-corrected chi connectivity index (χ3v) is 9.61. The number of carbonyl (C=O) groups is 4. The Labute approximate surface area is 260 Å². The molecule has 2 N–H and O–H groups in total. The SMILES string of the molecule is O=C1NC[C@H](CCCCN2C[C@H](Cc3ccc(O)cc3)N(CCC3CCCCC3)C(=O)C2=O)N(CCc2ccccc2)C1=O. The number of amides is 4. The molecule has 2 saturated heterocycles. The first kappa shape index (κ1) is 31.5. The molecule has 5 rings (SSSR count). The van der Waals surface area contributed by atoms with Crippen molar-refractivity contribution in [1.29, 1.82) is 0 Å². The fourth-order valence-electron chi connectivity index (χ4n) is 7.02. The molecule has 0 radical (unpaired) electrons. The quantitative estimate of drug-likeness (QED) is 0.269. The van der Waals surface area contributed by atoms with Crippen molar-refractivity contribution in [2.24, 2.45) is 5.92 Å². The first-order valence-corrected chi connectivity index (χ1v) is 16.4. The Morgan fingerprint density at radius 1 is 0.705 bits per heavy atom. The largest absolute Gasteiger partial charge is 0.508 e. The lowest BCUT2D eigenvalue weighted by Crippen LogP contribution is -2.60. The van der Waals surface area contributed by atoms with Crippen LogP contribution >= 0.6 is 0 Å². The maximum atomic E-state index is 13.5. The van der Waals surface area contributed by atoms with Crippen molar-refractivity contribution in [1.82, 2.24) is 20.0 Å². The van der Waals surface area contributed by atoms with Gasteiger partial charge in [-0.1, -0.05) is 74.6 Å². The van der Waals surface area contributed by atoms with Crippen LogP contribution < -0.4 is 5.32 Å². The van der Waals surface area contributed by atoms with Gasteiger partial charge in [0.1, 0.15) is 5.75 Å². The molecule has 2 aromatic carbocycles. The zero-order valence-corrected chi connectivity index (χ0v) is 25.7. The molecular weight excluding hydrogens is 556 g/mol. The molecule has 0 spiro atoms. The zero-order chi connectivity index (χ0) is 30.9. The summed E-state index contributed by atoms with van der Waals surface area (Å²) in [4.78, 5) is 56.8. The summed E-state index contributed by atoms with van der Waals surface area (Å²) < 4.78 is 0. The lowest BCUT2D eigenvalue weighted by Gasteiger charge is -2.41. The smallest absolute Gasteiger partial charge is 0.312 e. The minimum Gasteiger partial charge on any atom is -0.508 e. The molecule has 2 heterocycles. The number of piperazine rings is 2. The van der Waals surface area contributed by atoms with Crippen LogP contribution in [-0.4, -0.2) is 88.2 Å². The summed E-state index contributed by atoms with van der Waals surface area (Å²) in [7, 11) is 0. The normalized spacial score (nSPS) is 21.6. The molecule has 0 bridgehead atoms. The molecule has 1 aliphatic carbocycles. The third kappa shape index (κ3) is 8.18. The van der Waals surface area contributed by atoms with E-state index in [4.69, 9.17) is 0 Å². The molecule has 9 nitrogen and oxygen atoms in total. The highest BCUT2D eigenvalue weighted by Crippen LogP contribution is 2.28. The van der Waals surface area contributed by atoms with E-state index in [2.05, 4.69) is 5.32 Å². The van der Waals surface area contributed by atoms with Crippen LogP contribution in [0.15, 0.2) is 54.6 Å². The molecule has 9 heteroatoms. The van der Waals surface area contributed by atoms with Gasteiger partial charge in [0.15, 0.2) is 0 Å². The molecule has 0 aromatic heterocycles. The molecule has 2 atom stereocenters. The van der Waals surface area contributed by atoms with Gasteiger partial charge in [0.2, 0.25) is 0 Å². The number of aromatic hydroxyl groups is 1. The summed E-state index contributed by atoms with van der Waals surface area (Å²) in [5.74, 6) is -1.07. The van der Waals surface area contributed by atoms with Gasteiger partial charge in [-0.15, -0.1) is 0 Å². The summed E-state index contributed by atoms with van der Waals surface area (Å²) in [6, 6.07) is 16.8. The number of unbranched alkanes of at least 4 members (excludes halogenated alkanes) is 1. The molecule has 4 amide bonds. The number of nitrogens with one attached hydrogen (secondary N) is 1. The van der Waals surface area contributed by atoms with E-state index in [-0.39, 0.29) is 17.8 Å². The van der Waals surface area contributed by atoms with Gasteiger partial charge in [-0.25, -0.2) is 0 Å². The maximum Gasteiger partial charge on any atom is 0.312 e. The Morgan fingerprint density at radius 3 is 2.18 bits per heavy atom. The van der Waals surface area contributed by atoms with Crippen LogP contribution in [0, 0.1) is 5.92 Å². The Kier molecular flexibility index (Phi) is 10.9. The third-order valence-electron chi connectivity index (χ3n) is 9.61. The monoisotopic (exact) mass is 602 g/mol. The highest BCUT2D eigenvalue weighted by Gasteiger charge is 2.39. The van der Waals surface area contributed by atoms with Crippen LogP contribution in [0.1, 0.15) is 68.9 Å². The van der Waals surface area contributed by atoms with E-state index >= 15 is 0 Å². The first-order chi connectivity index (χ1) is 21.4. The van der Waals surface area contributed by atoms with E-state index in [1.54, 1.807) is 26.8 Å². The van der Waals surface area contributed by atoms with Gasteiger partial charge in [0.25, 0.3) is 0 Å². The van der Waals surface area contributed by atoms with Crippen LogP contribution in [-0.2, 0) is 32.0 Å². The lowest BCUT2D eigenvalue weighted by molar-refractivity contribution is -0.159. The average molecular weight is 603 g/mol. The van der Waals surface area contributed by atoms with Crippen molar-refractivity contribution in [3.05, 3.63) is 65.7 Å². The summed E-state index contributed by atoms with van der Waals surface area (Å²) in [6.07, 6.45) is 10.6. The predicted octanol–water partition coefficient (Wildman–Crippen LogP) is 3.68. The van der Waals surface area contributed by atoms with Crippen molar-refractivity contribution in [2.75, 3.05) is 32.7 Å². The number of hydrogen-bond acceptors (Lipinski definition) is 5. The molecular formula is C35H46N4O5. The molecule has 3 fully saturated rings. The van der Waals surface area contributed by atoms with Crippen molar-refractivity contribution >= 4 is 23.6 Å². The van der Waals surface area contributed by atoms with E-state index in [1.165, 1.54) is 32.1 Å². The van der Waals surface area contributed by atoms with Crippen LogP contribution in [0.4, 0.5) is 0 Å². The first-order valence-electron chi connectivity index (χ1n) is 16.4. The minimum atomic E-state index is -0.556. The fourth-order valence-corrected chi connectivity index (χ4v) is 7.02. The van der Waals surface area contributed by atoms with Crippen molar-refractivity contribution in [2.45, 2.75) is 82.7 Å². The number of rotatable bonds is 13. The van der Waals surface area contributed by atoms with Gasteiger partial charge in [-0.2, -0.15) is 0 Å². The zero-order valence-electron chi connectivity index (χ0n) is 25.7. The second-order valence-electron chi connectivity index (χ2n) is 12.7. The maximum absolute atomic E-state index is 13.5. The van der Waals surface area contributed by atoms with E-state index in [0.717, 1.165) is 24.0 Å². The van der Waals surface area contributed by atoms with Crippen molar-refractivity contribution < 1.29 is 24.3 Å². The Hall–Kier alpha value is -3.88. The highest BCUT2D eigenvalue weighted by molar-refractivity contribution is 6.36. The summed E-state index contributed by atoms with van der Waals surface area (Å²) in [6.45, 7) is 2.47. The summed E-state index contributed by atoms with van der Waals surface area (Å²) in [5, 5.41) is 12.5. The van der Waals surface area contributed by atoms with E-state index in [0.29, 0.717) is 64.3 Å². The molecule has 236 valence electrons. The van der Waals surface area contributed by atoms with Gasteiger partial charge < -0.3 is 25.1 Å². The van der Waals surface area contributed by atoms with Crippen LogP contribution in [0.3, 0.4) is 0 Å². The topological polar surface area (TPSA) is 110 Å². The summed E-state index contributed by atoms with van der Waals surface area (Å²) >= 11 is 0. The van der Waals surface area contributed by atoms with Gasteiger partial charge in [-0.05, 0) is 67.7 Å². The van der Waals surface area contributed by atoms with Gasteiger partial charge in [0, 0.05) is 38.8 Å². The number of phenolic OH excluding ortho intramolecular Hbond substituents is 1. The number of phenols is 1. The number of hydrogen-bond donors (Lipinski definition) is 2.